The molecule has 5 heteroatoms. The van der Waals surface area contributed by atoms with Crippen LogP contribution >= 0.6 is 0 Å². The summed E-state index contributed by atoms with van der Waals surface area (Å²) in [5, 5.41) is 1.19. The third-order valence-corrected chi connectivity index (χ3v) is 4.63. The highest BCUT2D eigenvalue weighted by molar-refractivity contribution is 6.09. The second kappa shape index (κ2) is 5.20. The number of anilines is 1. The number of hydrogen-bond acceptors (Lipinski definition) is 4. The maximum atomic E-state index is 5.86. The van der Waals surface area contributed by atoms with Gasteiger partial charge >= 0.3 is 0 Å². The minimum atomic E-state index is 0.209. The van der Waals surface area contributed by atoms with Gasteiger partial charge in [-0.25, -0.2) is 9.97 Å². The Morgan fingerprint density at radius 1 is 1.13 bits per heavy atom. The molecule has 1 fully saturated rings. The summed E-state index contributed by atoms with van der Waals surface area (Å²) in [5.74, 6) is 1.01. The Bertz CT molecular complexity index is 875. The summed E-state index contributed by atoms with van der Waals surface area (Å²) in [6.07, 6.45) is 2.10. The quantitative estimate of drug-likeness (QED) is 0.693. The van der Waals surface area contributed by atoms with Crippen LogP contribution in [0.1, 0.15) is 19.4 Å². The molecule has 1 aromatic carbocycles. The Labute approximate surface area is 135 Å². The molecule has 0 spiro atoms. The first-order chi connectivity index (χ1) is 11.0. The number of aryl methyl sites for hydroxylation is 2. The standard InChI is InChI=1S/C18H22N4O/c1-11-5-6-15-14(7-11)16-17(21(15)4)18(20-10-19-16)22-8-12(2)23-13(3)9-22/h5-7,10,12-13H,8-9H2,1-4H3/t12-,13+. The van der Waals surface area contributed by atoms with Crippen molar-refractivity contribution in [2.24, 2.45) is 7.05 Å². The Balaban J connectivity index is 1.96. The Hall–Kier alpha value is -2.14. The van der Waals surface area contributed by atoms with Gasteiger partial charge in [-0.3, -0.25) is 0 Å². The Morgan fingerprint density at radius 2 is 1.87 bits per heavy atom. The molecule has 0 unspecified atom stereocenters. The van der Waals surface area contributed by atoms with Gasteiger partial charge in [-0.05, 0) is 32.9 Å². The average Bonchev–Trinajstić information content (AvgIpc) is 2.79. The molecule has 0 bridgehead atoms. The predicted octanol–water partition coefficient (Wildman–Crippen LogP) is 3.04. The van der Waals surface area contributed by atoms with Crippen LogP contribution in [0.4, 0.5) is 5.82 Å². The summed E-state index contributed by atoms with van der Waals surface area (Å²) in [6, 6.07) is 6.52. The molecular formula is C18H22N4O. The maximum absolute atomic E-state index is 5.86. The van der Waals surface area contributed by atoms with Gasteiger partial charge in [-0.2, -0.15) is 0 Å². The van der Waals surface area contributed by atoms with E-state index in [4.69, 9.17) is 4.74 Å². The average molecular weight is 310 g/mol. The highest BCUT2D eigenvalue weighted by Crippen LogP contribution is 2.33. The van der Waals surface area contributed by atoms with Crippen molar-refractivity contribution in [1.29, 1.82) is 0 Å². The van der Waals surface area contributed by atoms with Crippen molar-refractivity contribution in [3.05, 3.63) is 30.1 Å². The van der Waals surface area contributed by atoms with E-state index < -0.39 is 0 Å². The minimum absolute atomic E-state index is 0.209. The van der Waals surface area contributed by atoms with Gasteiger partial charge in [-0.15, -0.1) is 0 Å². The first-order valence-electron chi connectivity index (χ1n) is 8.14. The number of morpholine rings is 1. The van der Waals surface area contributed by atoms with Crippen LogP contribution < -0.4 is 4.90 Å². The van der Waals surface area contributed by atoms with E-state index in [0.29, 0.717) is 0 Å². The van der Waals surface area contributed by atoms with Crippen molar-refractivity contribution in [2.45, 2.75) is 33.0 Å². The monoisotopic (exact) mass is 310 g/mol. The van der Waals surface area contributed by atoms with E-state index in [1.165, 1.54) is 16.5 Å². The lowest BCUT2D eigenvalue weighted by Gasteiger charge is -2.36. The van der Waals surface area contributed by atoms with Crippen LogP contribution in [0.3, 0.4) is 0 Å². The van der Waals surface area contributed by atoms with Crippen LogP contribution in [-0.2, 0) is 11.8 Å². The largest absolute Gasteiger partial charge is 0.372 e. The molecule has 2 atom stereocenters. The van der Waals surface area contributed by atoms with Crippen molar-refractivity contribution in [1.82, 2.24) is 14.5 Å². The number of benzene rings is 1. The molecule has 1 aliphatic heterocycles. The third-order valence-electron chi connectivity index (χ3n) is 4.63. The first-order valence-corrected chi connectivity index (χ1v) is 8.14. The van der Waals surface area contributed by atoms with Gasteiger partial charge in [0.05, 0.1) is 17.7 Å². The molecular weight excluding hydrogens is 288 g/mol. The second-order valence-electron chi connectivity index (χ2n) is 6.64. The second-order valence-corrected chi connectivity index (χ2v) is 6.64. The Morgan fingerprint density at radius 3 is 2.61 bits per heavy atom. The lowest BCUT2D eigenvalue weighted by Crippen LogP contribution is -2.46. The first kappa shape index (κ1) is 14.5. The van der Waals surface area contributed by atoms with Crippen LogP contribution in [0.5, 0.6) is 0 Å². The highest BCUT2D eigenvalue weighted by Gasteiger charge is 2.26. The number of hydrogen-bond donors (Lipinski definition) is 0. The smallest absolute Gasteiger partial charge is 0.156 e. The fraction of sp³-hybridized carbons (Fsp3) is 0.444. The molecule has 0 radical (unpaired) electrons. The number of ether oxygens (including phenoxy) is 1. The molecule has 0 aliphatic carbocycles. The van der Waals surface area contributed by atoms with Crippen LogP contribution in [-0.4, -0.2) is 39.8 Å². The van der Waals surface area contributed by atoms with Gasteiger partial charge in [-0.1, -0.05) is 11.6 Å². The predicted molar refractivity (Wildman–Crippen MR) is 93.0 cm³/mol. The number of nitrogens with zero attached hydrogens (tertiary/aromatic N) is 4. The molecule has 2 aromatic heterocycles. The number of aromatic nitrogens is 3. The van der Waals surface area contributed by atoms with Crippen molar-refractivity contribution in [2.75, 3.05) is 18.0 Å². The molecule has 120 valence electrons. The zero-order valence-corrected chi connectivity index (χ0v) is 14.1. The van der Waals surface area contributed by atoms with E-state index >= 15 is 0 Å². The third kappa shape index (κ3) is 2.27. The van der Waals surface area contributed by atoms with Crippen molar-refractivity contribution >= 4 is 27.8 Å². The molecule has 0 saturated carbocycles. The van der Waals surface area contributed by atoms with Gasteiger partial charge in [0.25, 0.3) is 0 Å². The fourth-order valence-corrected chi connectivity index (χ4v) is 3.71. The zero-order valence-electron chi connectivity index (χ0n) is 14.1. The summed E-state index contributed by atoms with van der Waals surface area (Å²) in [7, 11) is 2.10. The van der Waals surface area contributed by atoms with Crippen LogP contribution in [0.15, 0.2) is 24.5 Å². The zero-order chi connectivity index (χ0) is 16.1. The normalized spacial score (nSPS) is 22.2. The van der Waals surface area contributed by atoms with Gasteiger partial charge in [0.15, 0.2) is 5.82 Å². The molecule has 5 nitrogen and oxygen atoms in total. The van der Waals surface area contributed by atoms with E-state index in [9.17, 15) is 0 Å². The highest BCUT2D eigenvalue weighted by atomic mass is 16.5. The summed E-state index contributed by atoms with van der Waals surface area (Å²) < 4.78 is 8.08. The minimum Gasteiger partial charge on any atom is -0.372 e. The van der Waals surface area contributed by atoms with Gasteiger partial charge < -0.3 is 14.2 Å². The molecule has 0 N–H and O–H groups in total. The van der Waals surface area contributed by atoms with Crippen molar-refractivity contribution in [3.8, 4) is 0 Å². The molecule has 4 rings (SSSR count). The SMILES string of the molecule is Cc1ccc2c(c1)c1ncnc(N3C[C@@H](C)O[C@@H](C)C3)c1n2C. The molecule has 0 amide bonds. The summed E-state index contributed by atoms with van der Waals surface area (Å²) in [6.45, 7) is 8.07. The lowest BCUT2D eigenvalue weighted by atomic mass is 10.1. The Kier molecular flexibility index (Phi) is 3.27. The van der Waals surface area contributed by atoms with Crippen LogP contribution in [0.2, 0.25) is 0 Å². The van der Waals surface area contributed by atoms with Crippen LogP contribution in [0, 0.1) is 6.92 Å². The number of rotatable bonds is 1. The fourth-order valence-electron chi connectivity index (χ4n) is 3.71. The van der Waals surface area contributed by atoms with Crippen molar-refractivity contribution in [3.63, 3.8) is 0 Å². The number of fused-ring (bicyclic) bond motifs is 3. The molecule has 1 aliphatic rings. The summed E-state index contributed by atoms with van der Waals surface area (Å²) in [4.78, 5) is 11.5. The van der Waals surface area contributed by atoms with Gasteiger partial charge in [0.2, 0.25) is 0 Å². The van der Waals surface area contributed by atoms with E-state index in [1.807, 2.05) is 0 Å². The van der Waals surface area contributed by atoms with Gasteiger partial charge in [0, 0.05) is 25.5 Å². The molecule has 3 heterocycles. The maximum Gasteiger partial charge on any atom is 0.156 e. The molecule has 23 heavy (non-hydrogen) atoms. The van der Waals surface area contributed by atoms with E-state index in [-0.39, 0.29) is 12.2 Å². The van der Waals surface area contributed by atoms with Gasteiger partial charge in [0.1, 0.15) is 17.4 Å². The van der Waals surface area contributed by atoms with Crippen molar-refractivity contribution < 1.29 is 4.74 Å². The molecule has 1 saturated heterocycles. The topological polar surface area (TPSA) is 43.2 Å². The summed E-state index contributed by atoms with van der Waals surface area (Å²) in [5.41, 5.74) is 4.58. The summed E-state index contributed by atoms with van der Waals surface area (Å²) >= 11 is 0. The molecule has 3 aromatic rings. The lowest BCUT2D eigenvalue weighted by molar-refractivity contribution is -0.00538. The van der Waals surface area contributed by atoms with Crippen LogP contribution in [0.25, 0.3) is 21.9 Å². The van der Waals surface area contributed by atoms with E-state index in [2.05, 4.69) is 65.5 Å². The van der Waals surface area contributed by atoms with E-state index in [0.717, 1.165) is 29.9 Å². The van der Waals surface area contributed by atoms with E-state index in [1.54, 1.807) is 6.33 Å².